The predicted octanol–water partition coefficient (Wildman–Crippen LogP) is 5.56. The maximum atomic E-state index is 5.75. The topological polar surface area (TPSA) is 48.3 Å². The third kappa shape index (κ3) is 3.06. The second kappa shape index (κ2) is 7.29. The van der Waals surface area contributed by atoms with Gasteiger partial charge in [0.15, 0.2) is 0 Å². The van der Waals surface area contributed by atoms with Gasteiger partial charge in [-0.1, -0.05) is 18.2 Å². The predicted molar refractivity (Wildman–Crippen MR) is 118 cm³/mol. The highest BCUT2D eigenvalue weighted by molar-refractivity contribution is 7.11. The molecule has 0 radical (unpaired) electrons. The molecule has 0 fully saturated rings. The van der Waals surface area contributed by atoms with E-state index in [9.17, 15) is 0 Å². The largest absolute Gasteiger partial charge is 0.496 e. The highest BCUT2D eigenvalue weighted by atomic mass is 32.1. The molecule has 0 amide bonds. The first kappa shape index (κ1) is 17.8. The van der Waals surface area contributed by atoms with Crippen LogP contribution in [0.3, 0.4) is 0 Å². The van der Waals surface area contributed by atoms with Crippen molar-refractivity contribution in [3.05, 3.63) is 76.5 Å². The molecule has 0 spiro atoms. The normalized spacial score (nSPS) is 15.5. The Labute approximate surface area is 173 Å². The number of rotatable bonds is 5. The summed E-state index contributed by atoms with van der Waals surface area (Å²) >= 11 is 1.71. The number of para-hydroxylation sites is 2. The first-order valence-electron chi connectivity index (χ1n) is 9.59. The van der Waals surface area contributed by atoms with Crippen molar-refractivity contribution >= 4 is 34.0 Å². The summed E-state index contributed by atoms with van der Waals surface area (Å²) in [5.41, 5.74) is 4.17. The second-order valence-corrected chi connectivity index (χ2v) is 7.71. The van der Waals surface area contributed by atoms with E-state index >= 15 is 0 Å². The Hall–Kier alpha value is -3.25. The molecule has 6 heteroatoms. The number of fused-ring (bicyclic) bond motifs is 3. The zero-order valence-electron chi connectivity index (χ0n) is 16.3. The van der Waals surface area contributed by atoms with Crippen molar-refractivity contribution in [3.63, 3.8) is 0 Å². The zero-order chi connectivity index (χ0) is 19.8. The number of methoxy groups -OCH3 is 1. The fourth-order valence-electron chi connectivity index (χ4n) is 3.81. The van der Waals surface area contributed by atoms with Crippen LogP contribution in [0, 0.1) is 0 Å². The highest BCUT2D eigenvalue weighted by Crippen LogP contribution is 2.41. The van der Waals surface area contributed by atoms with E-state index in [1.807, 2.05) is 37.3 Å². The number of hydrogen-bond acceptors (Lipinski definition) is 5. The van der Waals surface area contributed by atoms with E-state index in [1.54, 1.807) is 18.4 Å². The lowest BCUT2D eigenvalue weighted by Crippen LogP contribution is -2.19. The van der Waals surface area contributed by atoms with E-state index < -0.39 is 0 Å². The fraction of sp³-hybridized carbons (Fsp3) is 0.174. The van der Waals surface area contributed by atoms with Gasteiger partial charge in [0.2, 0.25) is 5.95 Å². The Morgan fingerprint density at radius 3 is 2.83 bits per heavy atom. The summed E-state index contributed by atoms with van der Waals surface area (Å²) in [6.45, 7) is 2.60. The van der Waals surface area contributed by atoms with Crippen LogP contribution in [0.25, 0.3) is 16.7 Å². The molecule has 2 aromatic carbocycles. The van der Waals surface area contributed by atoms with Crippen LogP contribution in [0.15, 0.2) is 66.1 Å². The lowest BCUT2D eigenvalue weighted by atomic mass is 10.0. The van der Waals surface area contributed by atoms with Crippen LogP contribution in [0.5, 0.6) is 11.5 Å². The van der Waals surface area contributed by atoms with Crippen LogP contribution >= 0.6 is 11.3 Å². The average molecular weight is 404 g/mol. The van der Waals surface area contributed by atoms with Crippen LogP contribution in [0.4, 0.5) is 5.95 Å². The summed E-state index contributed by atoms with van der Waals surface area (Å²) in [5.74, 6) is 2.44. The van der Waals surface area contributed by atoms with E-state index in [-0.39, 0.29) is 6.04 Å². The van der Waals surface area contributed by atoms with Crippen LogP contribution in [0.2, 0.25) is 0 Å². The molecule has 0 saturated heterocycles. The summed E-state index contributed by atoms with van der Waals surface area (Å²) in [7, 11) is 1.70. The molecule has 5 nitrogen and oxygen atoms in total. The number of hydrogen-bond donors (Lipinski definition) is 1. The van der Waals surface area contributed by atoms with Gasteiger partial charge in [0.1, 0.15) is 11.5 Å². The minimum Gasteiger partial charge on any atom is -0.496 e. The van der Waals surface area contributed by atoms with Gasteiger partial charge in [-0.25, -0.2) is 4.98 Å². The number of benzene rings is 2. The third-order valence-corrected chi connectivity index (χ3v) is 5.97. The number of ether oxygens (including phenoxy) is 2. The van der Waals surface area contributed by atoms with Crippen molar-refractivity contribution in [2.24, 2.45) is 0 Å². The molecule has 2 aromatic heterocycles. The van der Waals surface area contributed by atoms with E-state index in [4.69, 9.17) is 14.5 Å². The van der Waals surface area contributed by atoms with Gasteiger partial charge in [0.05, 0.1) is 41.4 Å². The average Bonchev–Trinajstić information content (AvgIpc) is 3.41. The van der Waals surface area contributed by atoms with Crippen molar-refractivity contribution in [1.82, 2.24) is 9.55 Å². The van der Waals surface area contributed by atoms with Crippen LogP contribution < -0.4 is 14.8 Å². The molecule has 0 aliphatic carbocycles. The van der Waals surface area contributed by atoms with Gasteiger partial charge in [-0.15, -0.1) is 11.3 Å². The standard InChI is InChI=1S/C23H21N3O2S/c1-3-28-15-10-11-16(21(13-15)27-2)20-14-18(22-9-6-12-29-22)25-23-24-17-7-4-5-8-19(17)26(20)23/h4-14,20H,3H2,1-2H3,(H,24,25)/t20-/m0/s1. The molecule has 4 aromatic rings. The van der Waals surface area contributed by atoms with Gasteiger partial charge in [-0.2, -0.15) is 0 Å². The number of imidazole rings is 1. The number of thiophene rings is 1. The monoisotopic (exact) mass is 403 g/mol. The molecule has 29 heavy (non-hydrogen) atoms. The highest BCUT2D eigenvalue weighted by Gasteiger charge is 2.27. The summed E-state index contributed by atoms with van der Waals surface area (Å²) in [5, 5.41) is 5.60. The molecular weight excluding hydrogens is 382 g/mol. The summed E-state index contributed by atoms with van der Waals surface area (Å²) < 4.78 is 13.7. The molecule has 146 valence electrons. The quantitative estimate of drug-likeness (QED) is 0.474. The van der Waals surface area contributed by atoms with Crippen molar-refractivity contribution in [2.45, 2.75) is 13.0 Å². The summed E-state index contributed by atoms with van der Waals surface area (Å²) in [6, 6.07) is 18.4. The zero-order valence-corrected chi connectivity index (χ0v) is 17.1. The Balaban J connectivity index is 1.71. The SMILES string of the molecule is CCOc1ccc([C@@H]2C=C(c3cccs3)Nc3nc4ccccc4n32)c(OC)c1. The number of aromatic nitrogens is 2. The molecular formula is C23H21N3O2S. The number of allylic oxidation sites excluding steroid dienone is 1. The van der Waals surface area contributed by atoms with Crippen LogP contribution in [-0.4, -0.2) is 23.3 Å². The maximum absolute atomic E-state index is 5.75. The number of nitrogens with zero attached hydrogens (tertiary/aromatic N) is 2. The minimum absolute atomic E-state index is 0.0543. The first-order valence-corrected chi connectivity index (χ1v) is 10.5. The molecule has 5 rings (SSSR count). The van der Waals surface area contributed by atoms with Gasteiger partial charge in [-0.05, 0) is 48.7 Å². The van der Waals surface area contributed by atoms with Gasteiger partial charge in [0, 0.05) is 11.6 Å². The Morgan fingerprint density at radius 2 is 2.03 bits per heavy atom. The van der Waals surface area contributed by atoms with Gasteiger partial charge >= 0.3 is 0 Å². The molecule has 0 bridgehead atoms. The van der Waals surface area contributed by atoms with Crippen molar-refractivity contribution in [2.75, 3.05) is 19.0 Å². The second-order valence-electron chi connectivity index (χ2n) is 6.76. The van der Waals surface area contributed by atoms with Crippen molar-refractivity contribution < 1.29 is 9.47 Å². The van der Waals surface area contributed by atoms with E-state index in [0.29, 0.717) is 6.61 Å². The molecule has 0 unspecified atom stereocenters. The Morgan fingerprint density at radius 1 is 1.14 bits per heavy atom. The maximum Gasteiger partial charge on any atom is 0.209 e. The minimum atomic E-state index is -0.0543. The lowest BCUT2D eigenvalue weighted by molar-refractivity contribution is 0.335. The van der Waals surface area contributed by atoms with Crippen LogP contribution in [0.1, 0.15) is 23.4 Å². The summed E-state index contributed by atoms with van der Waals surface area (Å²) in [4.78, 5) is 6.02. The smallest absolute Gasteiger partial charge is 0.209 e. The van der Waals surface area contributed by atoms with Gasteiger partial charge in [0.25, 0.3) is 0 Å². The van der Waals surface area contributed by atoms with Crippen molar-refractivity contribution in [1.29, 1.82) is 0 Å². The molecule has 1 aliphatic rings. The molecule has 3 heterocycles. The molecule has 0 saturated carbocycles. The molecule has 1 N–H and O–H groups in total. The van der Waals surface area contributed by atoms with Gasteiger partial charge in [-0.3, -0.25) is 4.57 Å². The fourth-order valence-corrected chi connectivity index (χ4v) is 4.51. The van der Waals surface area contributed by atoms with E-state index in [2.05, 4.69) is 45.6 Å². The lowest BCUT2D eigenvalue weighted by Gasteiger charge is -2.27. The number of anilines is 1. The van der Waals surface area contributed by atoms with Crippen LogP contribution in [-0.2, 0) is 0 Å². The van der Waals surface area contributed by atoms with E-state index in [1.165, 1.54) is 4.88 Å². The molecule has 1 atom stereocenters. The Bertz CT molecular complexity index is 1190. The summed E-state index contributed by atoms with van der Waals surface area (Å²) in [6.07, 6.45) is 2.24. The Kier molecular flexibility index (Phi) is 4.48. The van der Waals surface area contributed by atoms with Crippen molar-refractivity contribution in [3.8, 4) is 11.5 Å². The number of nitrogens with one attached hydrogen (secondary N) is 1. The van der Waals surface area contributed by atoms with E-state index in [0.717, 1.165) is 39.7 Å². The molecule has 1 aliphatic heterocycles. The van der Waals surface area contributed by atoms with Gasteiger partial charge < -0.3 is 14.8 Å². The first-order chi connectivity index (χ1) is 14.3. The third-order valence-electron chi connectivity index (χ3n) is 5.07.